The van der Waals surface area contributed by atoms with E-state index in [1.165, 1.54) is 18.3 Å². The zero-order valence-corrected chi connectivity index (χ0v) is 43.1. The molecule has 0 saturated carbocycles. The largest absolute Gasteiger partial charge is 0.489 e. The quantitative estimate of drug-likeness (QED) is 0.0489. The number of carbonyl (C=O) groups excluding carboxylic acids is 4. The van der Waals surface area contributed by atoms with Crippen LogP contribution in [-0.4, -0.2) is 88.5 Å². The van der Waals surface area contributed by atoms with Crippen LogP contribution in [0, 0.1) is 0 Å². The first-order valence-corrected chi connectivity index (χ1v) is 25.0. The summed E-state index contributed by atoms with van der Waals surface area (Å²) < 4.78 is 17.2. The van der Waals surface area contributed by atoms with E-state index in [4.69, 9.17) is 14.2 Å². The van der Waals surface area contributed by atoms with Crippen molar-refractivity contribution in [3.05, 3.63) is 185 Å². The summed E-state index contributed by atoms with van der Waals surface area (Å²) in [7, 11) is 4.00. The molecule has 3 amide bonds. The molecule has 0 fully saturated rings. The summed E-state index contributed by atoms with van der Waals surface area (Å²) >= 11 is 1.18. The molecule has 0 bridgehead atoms. The number of Topliss-reactive ketones (excluding diaryl/α,β-unsaturated/α-hetero) is 1. The van der Waals surface area contributed by atoms with E-state index >= 15 is 0 Å². The SMILES string of the molecule is CC(=O)c1ccc(C(=O)Nc2cccc(OCc3cccnc3)c2)s1.CCCN(CCC)CC(=O)Nc1cccc(OCc2cccnc2)c1.CN(C)CCCC(=O)Nc1cccc(OCc2cccnc2)c1. The zero-order chi connectivity index (χ0) is 52.0. The summed E-state index contributed by atoms with van der Waals surface area (Å²) in [6.45, 7) is 10.2. The maximum Gasteiger partial charge on any atom is 0.265 e. The van der Waals surface area contributed by atoms with Crippen LogP contribution in [0.2, 0.25) is 0 Å². The number of hydrogen-bond donors (Lipinski definition) is 3. The molecule has 0 unspecified atom stereocenters. The highest BCUT2D eigenvalue weighted by atomic mass is 32.1. The van der Waals surface area contributed by atoms with Crippen LogP contribution in [-0.2, 0) is 29.4 Å². The summed E-state index contributed by atoms with van der Waals surface area (Å²) in [6.07, 6.45) is 13.9. The smallest absolute Gasteiger partial charge is 0.265 e. The van der Waals surface area contributed by atoms with Crippen LogP contribution in [0.25, 0.3) is 0 Å². The van der Waals surface area contributed by atoms with Crippen molar-refractivity contribution < 1.29 is 33.4 Å². The van der Waals surface area contributed by atoms with Crippen LogP contribution in [0.1, 0.15) is 82.5 Å². The van der Waals surface area contributed by atoms with E-state index < -0.39 is 0 Å². The Hall–Kier alpha value is -7.79. The Balaban J connectivity index is 0.000000203. The first-order chi connectivity index (χ1) is 35.5. The van der Waals surface area contributed by atoms with Gasteiger partial charge in [-0.15, -0.1) is 11.3 Å². The summed E-state index contributed by atoms with van der Waals surface area (Å²) in [4.78, 5) is 65.3. The van der Waals surface area contributed by atoms with Crippen LogP contribution >= 0.6 is 11.3 Å². The van der Waals surface area contributed by atoms with Crippen LogP contribution < -0.4 is 30.2 Å². The molecular weight excluding hydrogens is 941 g/mol. The molecular formula is C57H66N8O7S. The normalized spacial score (nSPS) is 10.5. The van der Waals surface area contributed by atoms with Gasteiger partial charge in [0.05, 0.1) is 16.3 Å². The summed E-state index contributed by atoms with van der Waals surface area (Å²) in [5.41, 5.74) is 5.11. The number of nitrogens with one attached hydrogen (secondary N) is 3. The van der Waals surface area contributed by atoms with E-state index in [0.717, 1.165) is 78.5 Å². The number of ether oxygens (including phenoxy) is 3. The summed E-state index contributed by atoms with van der Waals surface area (Å²) in [6, 6.07) is 36.9. The number of carbonyl (C=O) groups is 4. The van der Waals surface area contributed by atoms with Gasteiger partial charge in [0, 0.05) is 95.6 Å². The van der Waals surface area contributed by atoms with E-state index in [0.29, 0.717) is 54.0 Å². The molecule has 4 heterocycles. The van der Waals surface area contributed by atoms with Crippen molar-refractivity contribution in [1.29, 1.82) is 0 Å². The van der Waals surface area contributed by atoms with Gasteiger partial charge in [-0.2, -0.15) is 0 Å². The number of benzene rings is 3. The minimum absolute atomic E-state index is 0.00584. The average Bonchev–Trinajstić information content (AvgIpc) is 3.90. The Kier molecular flexibility index (Phi) is 24.2. The summed E-state index contributed by atoms with van der Waals surface area (Å²) in [5, 5.41) is 8.68. The minimum Gasteiger partial charge on any atom is -0.489 e. The highest BCUT2D eigenvalue weighted by molar-refractivity contribution is 7.16. The maximum atomic E-state index is 12.3. The van der Waals surface area contributed by atoms with Gasteiger partial charge in [0.1, 0.15) is 37.1 Å². The Morgan fingerprint density at radius 3 is 1.37 bits per heavy atom. The molecule has 0 spiro atoms. The van der Waals surface area contributed by atoms with Gasteiger partial charge in [0.25, 0.3) is 5.91 Å². The zero-order valence-electron chi connectivity index (χ0n) is 42.3. The molecule has 15 nitrogen and oxygen atoms in total. The molecule has 7 aromatic rings. The third-order valence-electron chi connectivity index (χ3n) is 10.3. The van der Waals surface area contributed by atoms with Crippen molar-refractivity contribution in [2.45, 2.75) is 66.3 Å². The van der Waals surface area contributed by atoms with Gasteiger partial charge < -0.3 is 35.1 Å². The van der Waals surface area contributed by atoms with Crippen molar-refractivity contribution in [1.82, 2.24) is 24.8 Å². The molecule has 382 valence electrons. The Morgan fingerprint density at radius 1 is 0.534 bits per heavy atom. The lowest BCUT2D eigenvalue weighted by molar-refractivity contribution is -0.117. The van der Waals surface area contributed by atoms with Gasteiger partial charge in [0.2, 0.25) is 11.8 Å². The third kappa shape index (κ3) is 22.0. The van der Waals surface area contributed by atoms with Crippen molar-refractivity contribution in [2.24, 2.45) is 0 Å². The van der Waals surface area contributed by atoms with E-state index in [2.05, 4.69) is 54.5 Å². The lowest BCUT2D eigenvalue weighted by atomic mass is 10.2. The lowest BCUT2D eigenvalue weighted by Gasteiger charge is -2.20. The predicted molar refractivity (Wildman–Crippen MR) is 289 cm³/mol. The number of nitrogens with zero attached hydrogens (tertiary/aromatic N) is 5. The second-order valence-electron chi connectivity index (χ2n) is 17.0. The molecule has 16 heteroatoms. The van der Waals surface area contributed by atoms with Gasteiger partial charge >= 0.3 is 0 Å². The standard InChI is InChI=1S/C20H27N3O2.C19H16N2O3S.C18H23N3O2/c1-3-11-23(12-4-2)15-20(24)22-18-8-5-9-19(13-18)25-16-17-7-6-10-21-14-17;1-13(22)17-7-8-18(25-17)19(23)21-15-5-2-6-16(10-15)24-12-14-4-3-9-20-11-14;1-21(2)11-5-9-18(22)20-16-7-3-8-17(12-16)23-14-15-6-4-10-19-13-15/h5-10,13-14H,3-4,11-12,15-16H2,1-2H3,(H,22,24);2-11H,12H2,1H3,(H,21,23);3-4,6-8,10,12-13H,5,9,11,14H2,1-2H3,(H,20,22). The number of rotatable bonds is 24. The maximum absolute atomic E-state index is 12.3. The van der Waals surface area contributed by atoms with E-state index in [-0.39, 0.29) is 23.5 Å². The summed E-state index contributed by atoms with van der Waals surface area (Å²) in [5.74, 6) is 1.83. The molecule has 73 heavy (non-hydrogen) atoms. The average molecular weight is 1010 g/mol. The van der Waals surface area contributed by atoms with Crippen molar-refractivity contribution >= 4 is 51.9 Å². The van der Waals surface area contributed by atoms with Crippen molar-refractivity contribution in [3.63, 3.8) is 0 Å². The van der Waals surface area contributed by atoms with Crippen LogP contribution in [0.4, 0.5) is 17.1 Å². The van der Waals surface area contributed by atoms with Gasteiger partial charge in [0.15, 0.2) is 5.78 Å². The molecule has 3 aromatic carbocycles. The molecule has 0 radical (unpaired) electrons. The first-order valence-electron chi connectivity index (χ1n) is 24.2. The topological polar surface area (TPSA) is 177 Å². The second kappa shape index (κ2) is 31.5. The van der Waals surface area contributed by atoms with Gasteiger partial charge in [-0.05, 0) is 127 Å². The van der Waals surface area contributed by atoms with Crippen molar-refractivity contribution in [2.75, 3.05) is 56.2 Å². The van der Waals surface area contributed by atoms with Gasteiger partial charge in [-0.1, -0.05) is 50.2 Å². The predicted octanol–water partition coefficient (Wildman–Crippen LogP) is 10.8. The van der Waals surface area contributed by atoms with Crippen LogP contribution in [0.15, 0.2) is 159 Å². The Labute approximate surface area is 433 Å². The van der Waals surface area contributed by atoms with E-state index in [1.807, 2.05) is 111 Å². The van der Waals surface area contributed by atoms with Crippen molar-refractivity contribution in [3.8, 4) is 17.2 Å². The highest BCUT2D eigenvalue weighted by Gasteiger charge is 2.13. The number of aromatic nitrogens is 3. The fraction of sp³-hybridized carbons (Fsp3) is 0.281. The Bertz CT molecular complexity index is 2740. The molecule has 0 saturated heterocycles. The van der Waals surface area contributed by atoms with Crippen LogP contribution in [0.3, 0.4) is 0 Å². The number of hydrogen-bond acceptors (Lipinski definition) is 13. The molecule has 0 aliphatic rings. The fourth-order valence-corrected chi connectivity index (χ4v) is 7.67. The van der Waals surface area contributed by atoms with Crippen LogP contribution in [0.5, 0.6) is 17.2 Å². The highest BCUT2D eigenvalue weighted by Crippen LogP contribution is 2.23. The monoisotopic (exact) mass is 1010 g/mol. The molecule has 0 aliphatic heterocycles. The van der Waals surface area contributed by atoms with Gasteiger partial charge in [-0.3, -0.25) is 39.0 Å². The first kappa shape index (κ1) is 56.1. The van der Waals surface area contributed by atoms with E-state index in [9.17, 15) is 19.2 Å². The molecule has 0 atom stereocenters. The number of ketones is 1. The van der Waals surface area contributed by atoms with Gasteiger partial charge in [-0.25, -0.2) is 0 Å². The third-order valence-corrected chi connectivity index (χ3v) is 11.5. The second-order valence-corrected chi connectivity index (χ2v) is 18.1. The number of thiophene rings is 1. The minimum atomic E-state index is -0.248. The molecule has 3 N–H and O–H groups in total. The Morgan fingerprint density at radius 2 is 0.973 bits per heavy atom. The molecule has 7 rings (SSSR count). The van der Waals surface area contributed by atoms with E-state index in [1.54, 1.807) is 61.4 Å². The number of pyridine rings is 3. The molecule has 4 aromatic heterocycles. The number of anilines is 3. The lowest BCUT2D eigenvalue weighted by Crippen LogP contribution is -2.34. The molecule has 0 aliphatic carbocycles. The fourth-order valence-electron chi connectivity index (χ4n) is 6.87. The number of amides is 3.